The second-order valence-corrected chi connectivity index (χ2v) is 9.29. The van der Waals surface area contributed by atoms with Crippen LogP contribution in [0.25, 0.3) is 0 Å². The number of rotatable bonds is 19. The van der Waals surface area contributed by atoms with Crippen LogP contribution in [-0.4, -0.2) is 12.8 Å². The van der Waals surface area contributed by atoms with Crippen LogP contribution in [0.2, 0.25) is 0 Å². The molecule has 2 heteroatoms. The Bertz CT molecular complexity index is 733. The van der Waals surface area contributed by atoms with E-state index in [0.29, 0.717) is 0 Å². The van der Waals surface area contributed by atoms with Crippen LogP contribution in [0.5, 0.6) is 5.75 Å². The summed E-state index contributed by atoms with van der Waals surface area (Å²) in [4.78, 5) is 4.57. The first-order valence-electron chi connectivity index (χ1n) is 13.7. The number of hydrogen-bond donors (Lipinski definition) is 0. The molecule has 2 aromatic rings. The number of hydrogen-bond acceptors (Lipinski definition) is 2. The molecule has 0 radical (unpaired) electrons. The summed E-state index contributed by atoms with van der Waals surface area (Å²) in [6.45, 7) is 5.27. The number of nitrogens with zero attached hydrogens (tertiary/aromatic N) is 1. The molecule has 0 amide bonds. The molecule has 0 aromatic heterocycles. The first-order chi connectivity index (χ1) is 16.3. The minimum Gasteiger partial charge on any atom is -0.494 e. The van der Waals surface area contributed by atoms with Gasteiger partial charge in [-0.1, -0.05) is 122 Å². The summed E-state index contributed by atoms with van der Waals surface area (Å²) in [5.41, 5.74) is 3.44. The van der Waals surface area contributed by atoms with Gasteiger partial charge in [-0.25, -0.2) is 0 Å². The van der Waals surface area contributed by atoms with E-state index in [-0.39, 0.29) is 0 Å². The third-order valence-corrected chi connectivity index (χ3v) is 6.35. The maximum absolute atomic E-state index is 5.90. The summed E-state index contributed by atoms with van der Waals surface area (Å²) in [6, 6.07) is 16.7. The molecule has 0 bridgehead atoms. The Kier molecular flexibility index (Phi) is 15.1. The molecule has 0 aliphatic carbocycles. The summed E-state index contributed by atoms with van der Waals surface area (Å²) in [6.07, 6.45) is 22.4. The Labute approximate surface area is 203 Å². The van der Waals surface area contributed by atoms with Crippen molar-refractivity contribution < 1.29 is 4.74 Å². The van der Waals surface area contributed by atoms with E-state index in [0.717, 1.165) is 36.4 Å². The quantitative estimate of drug-likeness (QED) is 0.154. The zero-order chi connectivity index (χ0) is 23.4. The average Bonchev–Trinajstić information content (AvgIpc) is 2.86. The number of aryl methyl sites for hydroxylation is 1. The van der Waals surface area contributed by atoms with Gasteiger partial charge in [0, 0.05) is 6.21 Å². The van der Waals surface area contributed by atoms with Crippen molar-refractivity contribution in [2.45, 2.75) is 110 Å². The van der Waals surface area contributed by atoms with Crippen LogP contribution in [0.4, 0.5) is 5.69 Å². The summed E-state index contributed by atoms with van der Waals surface area (Å²) >= 11 is 0. The van der Waals surface area contributed by atoms with Gasteiger partial charge in [-0.3, -0.25) is 4.99 Å². The van der Waals surface area contributed by atoms with Crippen molar-refractivity contribution >= 4 is 11.9 Å². The topological polar surface area (TPSA) is 21.6 Å². The molecular formula is C31H47NO. The molecule has 0 spiro atoms. The molecule has 33 heavy (non-hydrogen) atoms. The summed E-state index contributed by atoms with van der Waals surface area (Å²) in [5.74, 6) is 0.941. The third-order valence-electron chi connectivity index (χ3n) is 6.35. The van der Waals surface area contributed by atoms with Gasteiger partial charge in [0.15, 0.2) is 0 Å². The SMILES string of the molecule is CCCCCCCCCCCCCCCCOc1ccc(N=Cc2ccc(CC)cc2)cc1. The van der Waals surface area contributed by atoms with Crippen LogP contribution >= 0.6 is 0 Å². The molecule has 2 rings (SSSR count). The molecule has 2 aromatic carbocycles. The van der Waals surface area contributed by atoms with Crippen LogP contribution in [0.3, 0.4) is 0 Å². The molecule has 2 nitrogen and oxygen atoms in total. The molecular weight excluding hydrogens is 402 g/mol. The maximum Gasteiger partial charge on any atom is 0.119 e. The first kappa shape index (κ1) is 27.2. The number of ether oxygens (including phenoxy) is 1. The van der Waals surface area contributed by atoms with Gasteiger partial charge < -0.3 is 4.74 Å². The highest BCUT2D eigenvalue weighted by molar-refractivity contribution is 5.81. The number of unbranched alkanes of at least 4 members (excludes halogenated alkanes) is 13. The van der Waals surface area contributed by atoms with E-state index >= 15 is 0 Å². The van der Waals surface area contributed by atoms with E-state index in [9.17, 15) is 0 Å². The second-order valence-electron chi connectivity index (χ2n) is 9.29. The lowest BCUT2D eigenvalue weighted by Gasteiger charge is -2.06. The normalized spacial score (nSPS) is 11.3. The molecule has 0 saturated heterocycles. The molecule has 0 saturated carbocycles. The van der Waals surface area contributed by atoms with E-state index in [2.05, 4.69) is 43.1 Å². The van der Waals surface area contributed by atoms with E-state index in [1.165, 1.54) is 89.0 Å². The zero-order valence-corrected chi connectivity index (χ0v) is 21.4. The Morgan fingerprint density at radius 1 is 0.606 bits per heavy atom. The fraction of sp³-hybridized carbons (Fsp3) is 0.581. The zero-order valence-electron chi connectivity index (χ0n) is 21.4. The van der Waals surface area contributed by atoms with Gasteiger partial charge in [0.2, 0.25) is 0 Å². The van der Waals surface area contributed by atoms with Crippen molar-refractivity contribution in [3.05, 3.63) is 59.7 Å². The van der Waals surface area contributed by atoms with Gasteiger partial charge in [0.05, 0.1) is 12.3 Å². The Balaban J connectivity index is 1.44. The lowest BCUT2D eigenvalue weighted by Crippen LogP contribution is -1.97. The van der Waals surface area contributed by atoms with E-state index < -0.39 is 0 Å². The van der Waals surface area contributed by atoms with Crippen LogP contribution < -0.4 is 4.74 Å². The van der Waals surface area contributed by atoms with Crippen molar-refractivity contribution in [1.82, 2.24) is 0 Å². The van der Waals surface area contributed by atoms with Crippen molar-refractivity contribution in [3.8, 4) is 5.75 Å². The Hall–Kier alpha value is -2.09. The van der Waals surface area contributed by atoms with E-state index in [1.54, 1.807) is 0 Å². The third kappa shape index (κ3) is 13.3. The van der Waals surface area contributed by atoms with Crippen LogP contribution in [0, 0.1) is 0 Å². The van der Waals surface area contributed by atoms with E-state index in [1.807, 2.05) is 30.5 Å². The maximum atomic E-state index is 5.90. The molecule has 0 heterocycles. The van der Waals surface area contributed by atoms with Crippen molar-refractivity contribution in [1.29, 1.82) is 0 Å². The molecule has 0 N–H and O–H groups in total. The molecule has 0 fully saturated rings. The molecule has 0 aliphatic rings. The molecule has 182 valence electrons. The van der Waals surface area contributed by atoms with Gasteiger partial charge in [0.25, 0.3) is 0 Å². The second kappa shape index (κ2) is 18.3. The van der Waals surface area contributed by atoms with Crippen molar-refractivity contribution in [3.63, 3.8) is 0 Å². The standard InChI is InChI=1S/C31H47NO/c1-3-5-6-7-8-9-10-11-12-13-14-15-16-17-26-33-31-24-22-30(23-25-31)32-27-29-20-18-28(4-2)19-21-29/h18-25,27H,3-17,26H2,1-2H3. The van der Waals surface area contributed by atoms with Gasteiger partial charge in [0.1, 0.15) is 5.75 Å². The summed E-state index contributed by atoms with van der Waals surface area (Å²) in [7, 11) is 0. The highest BCUT2D eigenvalue weighted by atomic mass is 16.5. The minimum absolute atomic E-state index is 0.810. The first-order valence-corrected chi connectivity index (χ1v) is 13.7. The van der Waals surface area contributed by atoms with E-state index in [4.69, 9.17) is 4.74 Å². The lowest BCUT2D eigenvalue weighted by atomic mass is 10.0. The largest absolute Gasteiger partial charge is 0.494 e. The lowest BCUT2D eigenvalue weighted by molar-refractivity contribution is 0.304. The minimum atomic E-state index is 0.810. The predicted octanol–water partition coefficient (Wildman–Crippen LogP) is 9.86. The fourth-order valence-electron chi connectivity index (χ4n) is 4.10. The average molecular weight is 450 g/mol. The Morgan fingerprint density at radius 3 is 1.64 bits per heavy atom. The van der Waals surface area contributed by atoms with Gasteiger partial charge in [-0.05, 0) is 48.2 Å². The predicted molar refractivity (Wildman–Crippen MR) is 145 cm³/mol. The molecule has 0 aliphatic heterocycles. The highest BCUT2D eigenvalue weighted by Crippen LogP contribution is 2.19. The van der Waals surface area contributed by atoms with Gasteiger partial charge >= 0.3 is 0 Å². The molecule has 0 unspecified atom stereocenters. The van der Waals surface area contributed by atoms with Gasteiger partial charge in [-0.2, -0.15) is 0 Å². The smallest absolute Gasteiger partial charge is 0.119 e. The number of aliphatic imine (C=N–C) groups is 1. The van der Waals surface area contributed by atoms with Crippen molar-refractivity contribution in [2.75, 3.05) is 6.61 Å². The van der Waals surface area contributed by atoms with Crippen molar-refractivity contribution in [2.24, 2.45) is 4.99 Å². The summed E-state index contributed by atoms with van der Waals surface area (Å²) in [5, 5.41) is 0. The van der Waals surface area contributed by atoms with Crippen LogP contribution in [0.15, 0.2) is 53.5 Å². The van der Waals surface area contributed by atoms with Crippen LogP contribution in [0.1, 0.15) is 115 Å². The Morgan fingerprint density at radius 2 is 1.12 bits per heavy atom. The summed E-state index contributed by atoms with van der Waals surface area (Å²) < 4.78 is 5.90. The highest BCUT2D eigenvalue weighted by Gasteiger charge is 1.97. The fourth-order valence-corrected chi connectivity index (χ4v) is 4.10. The van der Waals surface area contributed by atoms with Crippen LogP contribution in [-0.2, 0) is 6.42 Å². The number of benzene rings is 2. The molecule has 0 atom stereocenters. The monoisotopic (exact) mass is 449 g/mol. The van der Waals surface area contributed by atoms with Gasteiger partial charge in [-0.15, -0.1) is 0 Å².